The second-order valence-corrected chi connectivity index (χ2v) is 5.93. The number of benzene rings is 1. The standard InChI is InChI=1S/C18H29NO2/c1-3-15(19)13-14-9-8-12-17(20-4-2)18(14)21-16-10-6-5-7-11-16/h8-9,12,15-16H,3-7,10-11,13,19H2,1-2H3. The first-order valence-corrected chi connectivity index (χ1v) is 8.41. The van der Waals surface area contributed by atoms with Crippen LogP contribution < -0.4 is 15.2 Å². The summed E-state index contributed by atoms with van der Waals surface area (Å²) in [5.74, 6) is 1.79. The van der Waals surface area contributed by atoms with Gasteiger partial charge in [-0.15, -0.1) is 0 Å². The lowest BCUT2D eigenvalue weighted by Crippen LogP contribution is -2.24. The van der Waals surface area contributed by atoms with E-state index in [1.165, 1.54) is 24.8 Å². The van der Waals surface area contributed by atoms with Gasteiger partial charge in [0.05, 0.1) is 12.7 Å². The predicted molar refractivity (Wildman–Crippen MR) is 87.1 cm³/mol. The molecule has 3 heteroatoms. The molecule has 2 N–H and O–H groups in total. The van der Waals surface area contributed by atoms with Crippen molar-refractivity contribution in [1.29, 1.82) is 0 Å². The Morgan fingerprint density at radius 1 is 1.19 bits per heavy atom. The first-order chi connectivity index (χ1) is 10.2. The molecule has 1 unspecified atom stereocenters. The Morgan fingerprint density at radius 2 is 1.95 bits per heavy atom. The van der Waals surface area contributed by atoms with E-state index in [0.29, 0.717) is 12.7 Å². The maximum Gasteiger partial charge on any atom is 0.164 e. The summed E-state index contributed by atoms with van der Waals surface area (Å²) in [6.07, 6.45) is 8.33. The Hall–Kier alpha value is -1.22. The molecule has 0 amide bonds. The lowest BCUT2D eigenvalue weighted by atomic mass is 9.97. The molecular weight excluding hydrogens is 262 g/mol. The van der Waals surface area contributed by atoms with Crippen molar-refractivity contribution in [2.75, 3.05) is 6.61 Å². The molecule has 0 aliphatic heterocycles. The molecule has 0 aromatic heterocycles. The van der Waals surface area contributed by atoms with Gasteiger partial charge in [-0.2, -0.15) is 0 Å². The second kappa shape index (κ2) is 8.28. The van der Waals surface area contributed by atoms with Crippen LogP contribution in [0.1, 0.15) is 57.9 Å². The molecule has 0 radical (unpaired) electrons. The normalized spacial score (nSPS) is 17.5. The Morgan fingerprint density at radius 3 is 2.62 bits per heavy atom. The van der Waals surface area contributed by atoms with E-state index in [-0.39, 0.29) is 6.04 Å². The van der Waals surface area contributed by atoms with Crippen molar-refractivity contribution in [2.45, 2.75) is 70.9 Å². The van der Waals surface area contributed by atoms with Crippen LogP contribution in [0.15, 0.2) is 18.2 Å². The highest BCUT2D eigenvalue weighted by Gasteiger charge is 2.20. The molecule has 1 saturated carbocycles. The lowest BCUT2D eigenvalue weighted by Gasteiger charge is -2.26. The third-order valence-corrected chi connectivity index (χ3v) is 4.20. The fraction of sp³-hybridized carbons (Fsp3) is 0.667. The molecule has 1 atom stereocenters. The summed E-state index contributed by atoms with van der Waals surface area (Å²) in [7, 11) is 0. The Balaban J connectivity index is 2.19. The zero-order valence-electron chi connectivity index (χ0n) is 13.4. The molecule has 1 aromatic carbocycles. The molecule has 0 saturated heterocycles. The van der Waals surface area contributed by atoms with E-state index in [0.717, 1.165) is 37.2 Å². The first-order valence-electron chi connectivity index (χ1n) is 8.41. The number of ether oxygens (including phenoxy) is 2. The Labute approximate surface area is 128 Å². The minimum atomic E-state index is 0.176. The molecule has 21 heavy (non-hydrogen) atoms. The average Bonchev–Trinajstić information content (AvgIpc) is 2.51. The van der Waals surface area contributed by atoms with E-state index in [1.54, 1.807) is 0 Å². The molecule has 0 spiro atoms. The molecule has 0 heterocycles. The summed E-state index contributed by atoms with van der Waals surface area (Å²) < 4.78 is 12.1. The largest absolute Gasteiger partial charge is 0.490 e. The summed E-state index contributed by atoms with van der Waals surface area (Å²) in [6.45, 7) is 4.79. The molecule has 2 rings (SSSR count). The molecule has 1 aromatic rings. The van der Waals surface area contributed by atoms with Gasteiger partial charge in [0, 0.05) is 6.04 Å². The van der Waals surface area contributed by atoms with Gasteiger partial charge in [0.15, 0.2) is 11.5 Å². The third kappa shape index (κ3) is 4.63. The predicted octanol–water partition coefficient (Wildman–Crippen LogP) is 4.08. The zero-order valence-corrected chi connectivity index (χ0v) is 13.4. The van der Waals surface area contributed by atoms with E-state index < -0.39 is 0 Å². The Kier molecular flexibility index (Phi) is 6.37. The maximum atomic E-state index is 6.33. The monoisotopic (exact) mass is 291 g/mol. The van der Waals surface area contributed by atoms with E-state index in [9.17, 15) is 0 Å². The van der Waals surface area contributed by atoms with E-state index >= 15 is 0 Å². The molecular formula is C18H29NO2. The number of para-hydroxylation sites is 1. The highest BCUT2D eigenvalue weighted by molar-refractivity contribution is 5.47. The van der Waals surface area contributed by atoms with Crippen molar-refractivity contribution in [3.63, 3.8) is 0 Å². The van der Waals surface area contributed by atoms with Gasteiger partial charge in [-0.25, -0.2) is 0 Å². The lowest BCUT2D eigenvalue weighted by molar-refractivity contribution is 0.146. The van der Waals surface area contributed by atoms with Gasteiger partial charge in [0.2, 0.25) is 0 Å². The summed E-state index contributed by atoms with van der Waals surface area (Å²) in [5.41, 5.74) is 7.32. The van der Waals surface area contributed by atoms with Crippen molar-refractivity contribution in [2.24, 2.45) is 5.73 Å². The van der Waals surface area contributed by atoms with Crippen molar-refractivity contribution >= 4 is 0 Å². The van der Waals surface area contributed by atoms with Gasteiger partial charge < -0.3 is 15.2 Å². The van der Waals surface area contributed by atoms with Crippen molar-refractivity contribution < 1.29 is 9.47 Å². The Bertz CT molecular complexity index is 427. The summed E-state index contributed by atoms with van der Waals surface area (Å²) in [4.78, 5) is 0. The fourth-order valence-electron chi connectivity index (χ4n) is 2.90. The highest BCUT2D eigenvalue weighted by atomic mass is 16.5. The maximum absolute atomic E-state index is 6.33. The van der Waals surface area contributed by atoms with Crippen LogP contribution in [0.4, 0.5) is 0 Å². The molecule has 118 valence electrons. The smallest absolute Gasteiger partial charge is 0.164 e. The minimum Gasteiger partial charge on any atom is -0.490 e. The van der Waals surface area contributed by atoms with Crippen LogP contribution in [0, 0.1) is 0 Å². The van der Waals surface area contributed by atoms with Crippen LogP contribution in [0.5, 0.6) is 11.5 Å². The molecule has 1 fully saturated rings. The zero-order chi connectivity index (χ0) is 15.1. The van der Waals surface area contributed by atoms with Crippen LogP contribution in [-0.4, -0.2) is 18.8 Å². The quantitative estimate of drug-likeness (QED) is 0.823. The van der Waals surface area contributed by atoms with Gasteiger partial charge in [0.25, 0.3) is 0 Å². The fourth-order valence-corrected chi connectivity index (χ4v) is 2.90. The highest BCUT2D eigenvalue weighted by Crippen LogP contribution is 2.35. The van der Waals surface area contributed by atoms with E-state index in [1.807, 2.05) is 19.1 Å². The summed E-state index contributed by atoms with van der Waals surface area (Å²) >= 11 is 0. The van der Waals surface area contributed by atoms with Gasteiger partial charge in [-0.3, -0.25) is 0 Å². The van der Waals surface area contributed by atoms with Crippen LogP contribution in [0.2, 0.25) is 0 Å². The summed E-state index contributed by atoms with van der Waals surface area (Å²) in [5, 5.41) is 0. The van der Waals surface area contributed by atoms with Gasteiger partial charge in [0.1, 0.15) is 0 Å². The van der Waals surface area contributed by atoms with Crippen LogP contribution >= 0.6 is 0 Å². The van der Waals surface area contributed by atoms with Gasteiger partial charge in [-0.1, -0.05) is 25.5 Å². The van der Waals surface area contributed by atoms with Gasteiger partial charge >= 0.3 is 0 Å². The van der Waals surface area contributed by atoms with Crippen molar-refractivity contribution in [3.05, 3.63) is 23.8 Å². The second-order valence-electron chi connectivity index (χ2n) is 5.93. The molecule has 1 aliphatic carbocycles. The number of nitrogens with two attached hydrogens (primary N) is 1. The topological polar surface area (TPSA) is 44.5 Å². The SMILES string of the molecule is CCOc1cccc(CC(N)CC)c1OC1CCCCC1. The number of rotatable bonds is 7. The third-order valence-electron chi connectivity index (χ3n) is 4.20. The van der Waals surface area contributed by atoms with Crippen LogP contribution in [0.25, 0.3) is 0 Å². The van der Waals surface area contributed by atoms with Crippen molar-refractivity contribution in [1.82, 2.24) is 0 Å². The minimum absolute atomic E-state index is 0.176. The van der Waals surface area contributed by atoms with E-state index in [4.69, 9.17) is 15.2 Å². The summed E-state index contributed by atoms with van der Waals surface area (Å²) in [6, 6.07) is 6.34. The van der Waals surface area contributed by atoms with E-state index in [2.05, 4.69) is 13.0 Å². The van der Waals surface area contributed by atoms with Crippen LogP contribution in [-0.2, 0) is 6.42 Å². The number of hydrogen-bond acceptors (Lipinski definition) is 3. The molecule has 1 aliphatic rings. The van der Waals surface area contributed by atoms with Gasteiger partial charge in [-0.05, 0) is 57.1 Å². The molecule has 0 bridgehead atoms. The molecule has 3 nitrogen and oxygen atoms in total. The van der Waals surface area contributed by atoms with Crippen molar-refractivity contribution in [3.8, 4) is 11.5 Å². The average molecular weight is 291 g/mol. The number of hydrogen-bond donors (Lipinski definition) is 1. The van der Waals surface area contributed by atoms with Crippen LogP contribution in [0.3, 0.4) is 0 Å². The first kappa shape index (κ1) is 16.2.